The summed E-state index contributed by atoms with van der Waals surface area (Å²) >= 11 is 0. The summed E-state index contributed by atoms with van der Waals surface area (Å²) in [5.41, 5.74) is 2.10. The van der Waals surface area contributed by atoms with Crippen molar-refractivity contribution in [3.8, 4) is 17.0 Å². The number of hydrogen-bond donors (Lipinski definition) is 2. The van der Waals surface area contributed by atoms with Gasteiger partial charge in [0.2, 0.25) is 0 Å². The van der Waals surface area contributed by atoms with E-state index >= 15 is 0 Å². The molecule has 0 saturated carbocycles. The van der Waals surface area contributed by atoms with E-state index in [1.807, 2.05) is 18.2 Å². The topological polar surface area (TPSA) is 96.0 Å². The highest BCUT2D eigenvalue weighted by molar-refractivity contribution is 6.10. The van der Waals surface area contributed by atoms with Crippen molar-refractivity contribution < 1.29 is 24.8 Å². The van der Waals surface area contributed by atoms with Crippen molar-refractivity contribution >= 4 is 28.5 Å². The van der Waals surface area contributed by atoms with Crippen LogP contribution in [0.15, 0.2) is 109 Å². The third-order valence-corrected chi connectivity index (χ3v) is 5.64. The van der Waals surface area contributed by atoms with Gasteiger partial charge in [-0.25, -0.2) is 10.0 Å². The van der Waals surface area contributed by atoms with Crippen LogP contribution in [-0.4, -0.2) is 21.7 Å². The Balaban J connectivity index is 1.81. The molecular weight excluding hydrogens is 444 g/mol. The molecule has 35 heavy (non-hydrogen) atoms. The molecule has 172 valence electrons. The van der Waals surface area contributed by atoms with Crippen LogP contribution in [0.1, 0.15) is 20.7 Å². The minimum absolute atomic E-state index is 0.0117. The average molecular weight is 464 g/mol. The third-order valence-electron chi connectivity index (χ3n) is 5.64. The number of carbonyl (C=O) groups excluding carboxylic acids is 2. The van der Waals surface area contributed by atoms with E-state index in [2.05, 4.69) is 0 Å². The Labute approximate surface area is 200 Å². The van der Waals surface area contributed by atoms with Crippen molar-refractivity contribution in [1.82, 2.24) is 4.57 Å². The Morgan fingerprint density at radius 2 is 1.34 bits per heavy atom. The Kier molecular flexibility index (Phi) is 5.95. The van der Waals surface area contributed by atoms with E-state index in [1.54, 1.807) is 78.9 Å². The molecule has 2 N–H and O–H groups in total. The molecule has 1 heterocycles. The molecule has 5 aromatic rings. The zero-order chi connectivity index (χ0) is 24.4. The average Bonchev–Trinajstić information content (AvgIpc) is 3.22. The molecule has 5 rings (SSSR count). The monoisotopic (exact) mass is 464 g/mol. The van der Waals surface area contributed by atoms with Crippen molar-refractivity contribution in [1.29, 1.82) is 0 Å². The highest BCUT2D eigenvalue weighted by atomic mass is 16.8. The molecule has 0 spiro atoms. The molecule has 0 radical (unpaired) electrons. The van der Waals surface area contributed by atoms with Crippen LogP contribution in [-0.2, 0) is 0 Å². The molecule has 7 nitrogen and oxygen atoms in total. The Bertz CT molecular complexity index is 1510. The molecule has 1 aromatic heterocycles. The number of esters is 1. The first-order valence-electron chi connectivity index (χ1n) is 10.9. The summed E-state index contributed by atoms with van der Waals surface area (Å²) in [6.07, 6.45) is 0. The number of nitrogens with zero attached hydrogens (tertiary/aromatic N) is 1. The van der Waals surface area contributed by atoms with Crippen molar-refractivity contribution in [2.45, 2.75) is 0 Å². The van der Waals surface area contributed by atoms with Gasteiger partial charge >= 0.3 is 5.97 Å². The maximum atomic E-state index is 13.8. The van der Waals surface area contributed by atoms with Crippen LogP contribution in [0, 0.1) is 5.21 Å². The highest BCUT2D eigenvalue weighted by Gasteiger charge is 2.27. The largest absolute Gasteiger partial charge is 0.595 e. The molecule has 0 amide bonds. The third kappa shape index (κ3) is 4.22. The number of hydrogen-bond acceptors (Lipinski definition) is 5. The van der Waals surface area contributed by atoms with E-state index in [9.17, 15) is 20.0 Å². The second-order valence-corrected chi connectivity index (χ2v) is 7.84. The summed E-state index contributed by atoms with van der Waals surface area (Å²) < 4.78 is 7.32. The van der Waals surface area contributed by atoms with E-state index in [0.717, 1.165) is 0 Å². The van der Waals surface area contributed by atoms with Gasteiger partial charge in [0, 0.05) is 28.6 Å². The first-order chi connectivity index (χ1) is 17.0. The number of benzene rings is 4. The number of quaternary nitrogens is 1. The van der Waals surface area contributed by atoms with E-state index < -0.39 is 11.2 Å². The standard InChI is InChI=1S/C28H20N2O5/c31-27(20-12-6-2-7-13-20)29-24-18-22(30(33)34)16-17-23(24)26(25(29)19-10-4-1-5-11-19)35-28(32)21-14-8-3-9-15-21/h1-18,30,33H. The number of nitrogens with one attached hydrogen (secondary N) is 1. The van der Waals surface area contributed by atoms with Crippen LogP contribution in [0.5, 0.6) is 5.75 Å². The van der Waals surface area contributed by atoms with Gasteiger partial charge in [-0.2, -0.15) is 5.23 Å². The highest BCUT2D eigenvalue weighted by Crippen LogP contribution is 2.41. The summed E-state index contributed by atoms with van der Waals surface area (Å²) in [6.45, 7) is 0. The van der Waals surface area contributed by atoms with Crippen molar-refractivity contribution in [3.05, 3.63) is 126 Å². The fourth-order valence-corrected chi connectivity index (χ4v) is 4.00. The molecule has 0 aliphatic carbocycles. The molecule has 0 saturated heterocycles. The van der Waals surface area contributed by atoms with Gasteiger partial charge in [-0.3, -0.25) is 9.36 Å². The minimum atomic E-state index is -1.13. The number of rotatable bonds is 5. The quantitative estimate of drug-likeness (QED) is 0.292. The number of ether oxygens (including phenoxy) is 1. The smallest absolute Gasteiger partial charge is 0.343 e. The lowest BCUT2D eigenvalue weighted by Crippen LogP contribution is -2.99. The summed E-state index contributed by atoms with van der Waals surface area (Å²) in [7, 11) is 0. The van der Waals surface area contributed by atoms with Gasteiger partial charge in [0.15, 0.2) is 11.4 Å². The van der Waals surface area contributed by atoms with Gasteiger partial charge in [-0.1, -0.05) is 66.7 Å². The van der Waals surface area contributed by atoms with E-state index in [4.69, 9.17) is 4.74 Å². The van der Waals surface area contributed by atoms with E-state index in [1.165, 1.54) is 16.7 Å². The fourth-order valence-electron chi connectivity index (χ4n) is 4.00. The Hall–Kier alpha value is -4.56. The molecule has 0 fully saturated rings. The SMILES string of the molecule is O=C(Oc1c(-c2ccccc2)n(C(=O)c2ccccc2)c2cc([NH+]([O-])O)ccc12)c1ccccc1. The maximum Gasteiger partial charge on any atom is 0.343 e. The number of fused-ring (bicyclic) bond motifs is 1. The normalized spacial score (nSPS) is 11.8. The van der Waals surface area contributed by atoms with E-state index in [-0.39, 0.29) is 17.3 Å². The second-order valence-electron chi connectivity index (χ2n) is 7.84. The molecule has 1 atom stereocenters. The lowest BCUT2D eigenvalue weighted by atomic mass is 10.1. The predicted octanol–water partition coefficient (Wildman–Crippen LogP) is 4.62. The number of aromatic nitrogens is 1. The Morgan fingerprint density at radius 1 is 0.771 bits per heavy atom. The molecule has 7 heteroatoms. The van der Waals surface area contributed by atoms with Crippen LogP contribution >= 0.6 is 0 Å². The predicted molar refractivity (Wildman–Crippen MR) is 131 cm³/mol. The molecular formula is C28H20N2O5. The van der Waals surface area contributed by atoms with Gasteiger partial charge in [0.25, 0.3) is 5.91 Å². The van der Waals surface area contributed by atoms with Crippen LogP contribution < -0.4 is 9.96 Å². The molecule has 0 aliphatic rings. The van der Waals surface area contributed by atoms with Gasteiger partial charge < -0.3 is 9.94 Å². The van der Waals surface area contributed by atoms with Gasteiger partial charge in [-0.05, 0) is 30.3 Å². The minimum Gasteiger partial charge on any atom is -0.595 e. The van der Waals surface area contributed by atoms with Crippen LogP contribution in [0.4, 0.5) is 5.69 Å². The lowest BCUT2D eigenvalue weighted by Gasteiger charge is -2.13. The molecule has 0 bridgehead atoms. The first-order valence-corrected chi connectivity index (χ1v) is 10.9. The summed E-state index contributed by atoms with van der Waals surface area (Å²) in [5, 5.41) is 20.7. The zero-order valence-electron chi connectivity index (χ0n) is 18.4. The maximum absolute atomic E-state index is 13.8. The van der Waals surface area contributed by atoms with Crippen molar-refractivity contribution in [2.24, 2.45) is 0 Å². The van der Waals surface area contributed by atoms with Crippen LogP contribution in [0.25, 0.3) is 22.2 Å². The van der Waals surface area contributed by atoms with Gasteiger partial charge in [0.05, 0.1) is 16.8 Å². The van der Waals surface area contributed by atoms with Crippen LogP contribution in [0.2, 0.25) is 0 Å². The Morgan fingerprint density at radius 3 is 1.94 bits per heavy atom. The van der Waals surface area contributed by atoms with Gasteiger partial charge in [-0.15, -0.1) is 0 Å². The van der Waals surface area contributed by atoms with Crippen molar-refractivity contribution in [3.63, 3.8) is 0 Å². The zero-order valence-corrected chi connectivity index (χ0v) is 18.4. The van der Waals surface area contributed by atoms with Crippen molar-refractivity contribution in [2.75, 3.05) is 0 Å². The molecule has 4 aromatic carbocycles. The summed E-state index contributed by atoms with van der Waals surface area (Å²) in [4.78, 5) is 26.8. The van der Waals surface area contributed by atoms with Crippen LogP contribution in [0.3, 0.4) is 0 Å². The first kappa shape index (κ1) is 22.2. The number of carbonyl (C=O) groups is 2. The fraction of sp³-hybridized carbons (Fsp3) is 0. The van der Waals surface area contributed by atoms with E-state index in [0.29, 0.717) is 33.3 Å². The second kappa shape index (κ2) is 9.36. The lowest BCUT2D eigenvalue weighted by molar-refractivity contribution is -0.991. The summed E-state index contributed by atoms with van der Waals surface area (Å²) in [6, 6.07) is 30.7. The molecule has 0 aliphatic heterocycles. The molecule has 1 unspecified atom stereocenters. The summed E-state index contributed by atoms with van der Waals surface area (Å²) in [5.74, 6) is -0.781. The van der Waals surface area contributed by atoms with Gasteiger partial charge in [0.1, 0.15) is 0 Å².